The van der Waals surface area contributed by atoms with Gasteiger partial charge in [0.05, 0.1) is 19.8 Å². The molecular weight excluding hydrogens is 228 g/mol. The van der Waals surface area contributed by atoms with E-state index in [4.69, 9.17) is 9.47 Å². The highest BCUT2D eigenvalue weighted by Crippen LogP contribution is 2.31. The summed E-state index contributed by atoms with van der Waals surface area (Å²) in [7, 11) is 0. The van der Waals surface area contributed by atoms with Crippen LogP contribution in [0.25, 0.3) is 10.8 Å². The first-order valence-electron chi connectivity index (χ1n) is 6.24. The number of fused-ring (bicyclic) bond motifs is 1. The van der Waals surface area contributed by atoms with E-state index in [1.54, 1.807) is 0 Å². The van der Waals surface area contributed by atoms with Crippen LogP contribution in [0.5, 0.6) is 0 Å². The van der Waals surface area contributed by atoms with Gasteiger partial charge in [-0.2, -0.15) is 0 Å². The Hall–Kier alpha value is -1.42. The second-order valence-corrected chi connectivity index (χ2v) is 4.49. The van der Waals surface area contributed by atoms with Crippen molar-refractivity contribution < 1.29 is 14.6 Å². The van der Waals surface area contributed by atoms with E-state index in [1.807, 2.05) is 30.3 Å². The molecule has 1 N–H and O–H groups in total. The minimum absolute atomic E-state index is 0.0323. The maximum Gasteiger partial charge on any atom is 0.184 e. The summed E-state index contributed by atoms with van der Waals surface area (Å²) in [5.41, 5.74) is 1.90. The molecule has 0 aliphatic carbocycles. The Balaban J connectivity index is 2.12. The first-order chi connectivity index (χ1) is 8.88. The third-order valence-corrected chi connectivity index (χ3v) is 3.22. The van der Waals surface area contributed by atoms with E-state index in [2.05, 4.69) is 6.07 Å². The lowest BCUT2D eigenvalue weighted by Gasteiger charge is -2.25. The summed E-state index contributed by atoms with van der Waals surface area (Å²) >= 11 is 0. The lowest BCUT2D eigenvalue weighted by atomic mass is 10.0. The predicted molar refractivity (Wildman–Crippen MR) is 69.1 cm³/mol. The van der Waals surface area contributed by atoms with Crippen molar-refractivity contribution in [2.45, 2.75) is 19.3 Å². The monoisotopic (exact) mass is 244 g/mol. The molecule has 0 spiro atoms. The van der Waals surface area contributed by atoms with Crippen LogP contribution in [0.4, 0.5) is 0 Å². The van der Waals surface area contributed by atoms with Crippen LogP contribution in [0.1, 0.15) is 23.8 Å². The van der Waals surface area contributed by atoms with Crippen molar-refractivity contribution in [3.05, 3.63) is 47.5 Å². The molecule has 1 aliphatic heterocycles. The van der Waals surface area contributed by atoms with Crippen LogP contribution in [0.2, 0.25) is 0 Å². The fourth-order valence-electron chi connectivity index (χ4n) is 2.36. The van der Waals surface area contributed by atoms with Gasteiger partial charge in [0.1, 0.15) is 0 Å². The highest BCUT2D eigenvalue weighted by atomic mass is 16.7. The fraction of sp³-hybridized carbons (Fsp3) is 0.333. The Kier molecular flexibility index (Phi) is 3.28. The largest absolute Gasteiger partial charge is 0.392 e. The van der Waals surface area contributed by atoms with Gasteiger partial charge in [0, 0.05) is 5.56 Å². The molecule has 0 amide bonds. The molecule has 1 aliphatic rings. The zero-order valence-electron chi connectivity index (χ0n) is 10.1. The van der Waals surface area contributed by atoms with Gasteiger partial charge in [-0.1, -0.05) is 24.3 Å². The van der Waals surface area contributed by atoms with E-state index < -0.39 is 0 Å². The van der Waals surface area contributed by atoms with Crippen molar-refractivity contribution in [3.63, 3.8) is 0 Å². The van der Waals surface area contributed by atoms with E-state index in [0.29, 0.717) is 0 Å². The maximum atomic E-state index is 9.34. The summed E-state index contributed by atoms with van der Waals surface area (Å²) in [5.74, 6) is 0. The second kappa shape index (κ2) is 5.06. The van der Waals surface area contributed by atoms with Crippen LogP contribution in [0.15, 0.2) is 36.4 Å². The highest BCUT2D eigenvalue weighted by molar-refractivity contribution is 5.86. The van der Waals surface area contributed by atoms with Crippen LogP contribution < -0.4 is 0 Å². The lowest BCUT2D eigenvalue weighted by Crippen LogP contribution is -2.18. The van der Waals surface area contributed by atoms with Gasteiger partial charge in [0.25, 0.3) is 0 Å². The third kappa shape index (κ3) is 2.12. The molecule has 18 heavy (non-hydrogen) atoms. The summed E-state index contributed by atoms with van der Waals surface area (Å²) < 4.78 is 11.3. The molecule has 3 rings (SSSR count). The topological polar surface area (TPSA) is 38.7 Å². The molecule has 1 saturated heterocycles. The quantitative estimate of drug-likeness (QED) is 0.882. The molecule has 0 saturated carbocycles. The van der Waals surface area contributed by atoms with Crippen molar-refractivity contribution in [3.8, 4) is 0 Å². The summed E-state index contributed by atoms with van der Waals surface area (Å²) in [6, 6.07) is 12.1. The Morgan fingerprint density at radius 1 is 1.11 bits per heavy atom. The van der Waals surface area contributed by atoms with Crippen LogP contribution in [0, 0.1) is 0 Å². The average Bonchev–Trinajstić information content (AvgIpc) is 2.47. The van der Waals surface area contributed by atoms with Gasteiger partial charge in [0.15, 0.2) is 6.29 Å². The molecule has 3 heteroatoms. The van der Waals surface area contributed by atoms with Crippen molar-refractivity contribution >= 4 is 10.8 Å². The van der Waals surface area contributed by atoms with Crippen molar-refractivity contribution in [2.24, 2.45) is 0 Å². The molecular formula is C15H16O3. The first-order valence-corrected chi connectivity index (χ1v) is 6.24. The zero-order chi connectivity index (χ0) is 12.4. The molecule has 2 aromatic rings. The Bertz CT molecular complexity index is 544. The number of hydrogen-bond donors (Lipinski definition) is 1. The van der Waals surface area contributed by atoms with E-state index in [9.17, 15) is 5.11 Å². The molecule has 94 valence electrons. The molecule has 0 unspecified atom stereocenters. The Labute approximate surface area is 106 Å². The standard InChI is InChI=1S/C15H16O3/c16-10-11-8-12-4-1-2-5-13(12)14(9-11)15-17-6-3-7-18-15/h1-2,4-5,8-9,15-16H,3,6-7,10H2. The first kappa shape index (κ1) is 11.7. The molecule has 3 nitrogen and oxygen atoms in total. The predicted octanol–water partition coefficient (Wildman–Crippen LogP) is 2.77. The molecule has 1 heterocycles. The van der Waals surface area contributed by atoms with E-state index in [1.165, 1.54) is 0 Å². The molecule has 0 radical (unpaired) electrons. The van der Waals surface area contributed by atoms with Gasteiger partial charge in [-0.05, 0) is 34.9 Å². The molecule has 0 aromatic heterocycles. The Morgan fingerprint density at radius 2 is 1.89 bits per heavy atom. The van der Waals surface area contributed by atoms with E-state index in [-0.39, 0.29) is 12.9 Å². The SMILES string of the molecule is OCc1cc(C2OCCCO2)c2ccccc2c1. The van der Waals surface area contributed by atoms with Crippen LogP contribution in [-0.2, 0) is 16.1 Å². The van der Waals surface area contributed by atoms with Crippen molar-refractivity contribution in [2.75, 3.05) is 13.2 Å². The third-order valence-electron chi connectivity index (χ3n) is 3.22. The highest BCUT2D eigenvalue weighted by Gasteiger charge is 2.19. The molecule has 2 aromatic carbocycles. The summed E-state index contributed by atoms with van der Waals surface area (Å²) in [6.07, 6.45) is 0.629. The number of hydrogen-bond acceptors (Lipinski definition) is 3. The number of aliphatic hydroxyl groups is 1. The van der Waals surface area contributed by atoms with Gasteiger partial charge in [-0.25, -0.2) is 0 Å². The number of aliphatic hydroxyl groups excluding tert-OH is 1. The van der Waals surface area contributed by atoms with Gasteiger partial charge < -0.3 is 14.6 Å². The van der Waals surface area contributed by atoms with Gasteiger partial charge in [0.2, 0.25) is 0 Å². The molecule has 1 fully saturated rings. The zero-order valence-corrected chi connectivity index (χ0v) is 10.1. The van der Waals surface area contributed by atoms with E-state index in [0.717, 1.165) is 41.5 Å². The fourth-order valence-corrected chi connectivity index (χ4v) is 2.36. The van der Waals surface area contributed by atoms with Crippen LogP contribution in [0.3, 0.4) is 0 Å². The summed E-state index contributed by atoms with van der Waals surface area (Å²) in [5, 5.41) is 11.6. The smallest absolute Gasteiger partial charge is 0.184 e. The maximum absolute atomic E-state index is 9.34. The molecule has 0 bridgehead atoms. The Morgan fingerprint density at radius 3 is 2.67 bits per heavy atom. The summed E-state index contributed by atoms with van der Waals surface area (Å²) in [4.78, 5) is 0. The van der Waals surface area contributed by atoms with Gasteiger partial charge in [-0.15, -0.1) is 0 Å². The van der Waals surface area contributed by atoms with Crippen molar-refractivity contribution in [1.29, 1.82) is 0 Å². The van der Waals surface area contributed by atoms with Crippen LogP contribution in [-0.4, -0.2) is 18.3 Å². The normalized spacial score (nSPS) is 17.2. The minimum Gasteiger partial charge on any atom is -0.392 e. The molecule has 0 atom stereocenters. The van der Waals surface area contributed by atoms with Gasteiger partial charge in [-0.3, -0.25) is 0 Å². The average molecular weight is 244 g/mol. The van der Waals surface area contributed by atoms with Gasteiger partial charge >= 0.3 is 0 Å². The minimum atomic E-state index is -0.310. The summed E-state index contributed by atoms with van der Waals surface area (Å²) in [6.45, 7) is 1.48. The van der Waals surface area contributed by atoms with E-state index >= 15 is 0 Å². The van der Waals surface area contributed by atoms with Crippen molar-refractivity contribution in [1.82, 2.24) is 0 Å². The lowest BCUT2D eigenvalue weighted by molar-refractivity contribution is -0.182. The number of rotatable bonds is 2. The number of ether oxygens (including phenoxy) is 2. The van der Waals surface area contributed by atoms with Crippen LogP contribution >= 0.6 is 0 Å². The number of benzene rings is 2. The second-order valence-electron chi connectivity index (χ2n) is 4.49.